The van der Waals surface area contributed by atoms with Gasteiger partial charge < -0.3 is 0 Å². The first-order chi connectivity index (χ1) is 17.1. The molecule has 0 fully saturated rings. The van der Waals surface area contributed by atoms with Crippen molar-refractivity contribution in [3.63, 3.8) is 0 Å². The van der Waals surface area contributed by atoms with Gasteiger partial charge in [-0.25, -0.2) is 22.7 Å². The van der Waals surface area contributed by atoms with E-state index >= 15 is 0 Å². The summed E-state index contributed by atoms with van der Waals surface area (Å²) in [6, 6.07) is 22.2. The molecule has 1 N–H and O–H groups in total. The molecule has 0 aliphatic heterocycles. The summed E-state index contributed by atoms with van der Waals surface area (Å²) in [5, 5.41) is 3.43. The summed E-state index contributed by atoms with van der Waals surface area (Å²) >= 11 is 0. The lowest BCUT2D eigenvalue weighted by molar-refractivity contribution is 0.627. The van der Waals surface area contributed by atoms with Crippen LogP contribution in [0.3, 0.4) is 0 Å². The molecule has 0 aliphatic rings. The van der Waals surface area contributed by atoms with Crippen molar-refractivity contribution in [3.8, 4) is 44.9 Å². The van der Waals surface area contributed by atoms with Crippen LogP contribution in [0.5, 0.6) is 0 Å². The molecular weight excluding hydrogens is 485 g/mol. The fourth-order valence-corrected chi connectivity index (χ4v) is 4.28. The van der Waals surface area contributed by atoms with Crippen molar-refractivity contribution >= 4 is 18.1 Å². The molecule has 3 aromatic carbocycles. The van der Waals surface area contributed by atoms with Crippen LogP contribution >= 0.6 is 12.4 Å². The van der Waals surface area contributed by atoms with Gasteiger partial charge in [0.15, 0.2) is 5.65 Å². The highest BCUT2D eigenvalue weighted by Gasteiger charge is 2.24. The van der Waals surface area contributed by atoms with Crippen LogP contribution in [-0.2, 0) is 0 Å². The minimum Gasteiger partial charge on any atom is -0.291 e. The molecule has 6 aromatic rings. The number of benzene rings is 3. The van der Waals surface area contributed by atoms with Gasteiger partial charge >= 0.3 is 0 Å². The van der Waals surface area contributed by atoms with Gasteiger partial charge in [0, 0.05) is 29.1 Å². The lowest BCUT2D eigenvalue weighted by atomic mass is 10.0. The number of hydrogen-bond donors (Lipinski definition) is 1. The van der Waals surface area contributed by atoms with Crippen molar-refractivity contribution < 1.29 is 13.2 Å². The summed E-state index contributed by atoms with van der Waals surface area (Å²) in [7, 11) is 0. The molecule has 0 saturated heterocycles. The minimum absolute atomic E-state index is 0. The van der Waals surface area contributed by atoms with Gasteiger partial charge in [-0.3, -0.25) is 10.1 Å². The van der Waals surface area contributed by atoms with Crippen LogP contribution < -0.4 is 0 Å². The molecule has 0 unspecified atom stereocenters. The van der Waals surface area contributed by atoms with Crippen LogP contribution in [-0.4, -0.2) is 19.6 Å². The topological polar surface area (TPSA) is 46.0 Å². The maximum atomic E-state index is 13.7. The molecule has 0 amide bonds. The molecular formula is C28H18ClF3N4. The molecule has 0 spiro atoms. The van der Waals surface area contributed by atoms with Crippen LogP contribution in [0.2, 0.25) is 0 Å². The first-order valence-electron chi connectivity index (χ1n) is 10.9. The lowest BCUT2D eigenvalue weighted by Crippen LogP contribution is -1.92. The van der Waals surface area contributed by atoms with Gasteiger partial charge in [-0.1, -0.05) is 0 Å². The van der Waals surface area contributed by atoms with Gasteiger partial charge in [0.2, 0.25) is 0 Å². The van der Waals surface area contributed by atoms with Crippen molar-refractivity contribution in [1.82, 2.24) is 19.6 Å². The molecule has 0 atom stereocenters. The maximum Gasteiger partial charge on any atom is 0.162 e. The average molecular weight is 503 g/mol. The zero-order valence-corrected chi connectivity index (χ0v) is 19.4. The van der Waals surface area contributed by atoms with Crippen LogP contribution in [0.15, 0.2) is 97.3 Å². The third-order valence-electron chi connectivity index (χ3n) is 5.91. The van der Waals surface area contributed by atoms with E-state index in [0.717, 1.165) is 27.9 Å². The summed E-state index contributed by atoms with van der Waals surface area (Å²) in [5.41, 5.74) is 6.55. The van der Waals surface area contributed by atoms with Crippen LogP contribution in [0, 0.1) is 17.5 Å². The third-order valence-corrected chi connectivity index (χ3v) is 5.91. The summed E-state index contributed by atoms with van der Waals surface area (Å²) in [5.74, 6) is -1.03. The Labute approximate surface area is 210 Å². The van der Waals surface area contributed by atoms with Gasteiger partial charge in [0.05, 0.1) is 22.6 Å². The molecule has 0 bridgehead atoms. The Morgan fingerprint density at radius 2 is 1.08 bits per heavy atom. The van der Waals surface area contributed by atoms with E-state index in [1.807, 2.05) is 16.6 Å². The number of aromatic nitrogens is 4. The van der Waals surface area contributed by atoms with Gasteiger partial charge in [-0.05, 0) is 90.5 Å². The molecule has 0 saturated carbocycles. The zero-order chi connectivity index (χ0) is 23.9. The van der Waals surface area contributed by atoms with E-state index in [-0.39, 0.29) is 29.9 Å². The first-order valence-corrected chi connectivity index (χ1v) is 10.9. The van der Waals surface area contributed by atoms with Crippen molar-refractivity contribution in [2.75, 3.05) is 0 Å². The average Bonchev–Trinajstić information content (AvgIpc) is 3.42. The number of halogens is 4. The predicted molar refractivity (Wildman–Crippen MR) is 136 cm³/mol. The molecule has 36 heavy (non-hydrogen) atoms. The Morgan fingerprint density at radius 3 is 1.64 bits per heavy atom. The van der Waals surface area contributed by atoms with Crippen molar-refractivity contribution in [3.05, 3.63) is 115 Å². The number of pyridine rings is 1. The number of hydrogen-bond acceptors (Lipinski definition) is 2. The molecule has 0 radical (unpaired) electrons. The first kappa shape index (κ1) is 23.4. The summed E-state index contributed by atoms with van der Waals surface area (Å²) in [6.07, 6.45) is 3.38. The molecule has 0 aliphatic carbocycles. The highest BCUT2D eigenvalue weighted by atomic mass is 35.5. The number of fused-ring (bicyclic) bond motifs is 1. The van der Waals surface area contributed by atoms with Gasteiger partial charge in [-0.2, -0.15) is 0 Å². The maximum absolute atomic E-state index is 13.7. The van der Waals surface area contributed by atoms with E-state index in [2.05, 4.69) is 10.1 Å². The predicted octanol–water partition coefficient (Wildman–Crippen LogP) is 7.56. The number of nitrogens with zero attached hydrogens (tertiary/aromatic N) is 3. The second-order valence-corrected chi connectivity index (χ2v) is 8.09. The fourth-order valence-electron chi connectivity index (χ4n) is 4.28. The number of rotatable bonds is 4. The van der Waals surface area contributed by atoms with E-state index in [0.29, 0.717) is 22.6 Å². The van der Waals surface area contributed by atoms with Crippen molar-refractivity contribution in [2.45, 2.75) is 0 Å². The third kappa shape index (κ3) is 4.03. The molecule has 3 aromatic heterocycles. The van der Waals surface area contributed by atoms with E-state index < -0.39 is 0 Å². The highest BCUT2D eigenvalue weighted by Crippen LogP contribution is 2.40. The second-order valence-electron chi connectivity index (χ2n) is 8.09. The van der Waals surface area contributed by atoms with Crippen molar-refractivity contribution in [2.24, 2.45) is 0 Å². The number of nitrogens with one attached hydrogen (secondary N) is 1. The molecule has 178 valence electrons. The van der Waals surface area contributed by atoms with E-state index in [9.17, 15) is 13.2 Å². The minimum atomic E-state index is -0.353. The highest BCUT2D eigenvalue weighted by molar-refractivity contribution is 5.94. The number of H-pyrrole nitrogens is 1. The molecule has 4 nitrogen and oxygen atoms in total. The van der Waals surface area contributed by atoms with Crippen LogP contribution in [0.1, 0.15) is 0 Å². The lowest BCUT2D eigenvalue weighted by Gasteiger charge is -2.07. The van der Waals surface area contributed by atoms with Gasteiger partial charge in [0.1, 0.15) is 17.5 Å². The molecule has 6 rings (SSSR count). The van der Waals surface area contributed by atoms with E-state index in [1.165, 1.54) is 36.4 Å². The smallest absolute Gasteiger partial charge is 0.162 e. The van der Waals surface area contributed by atoms with Gasteiger partial charge in [0.25, 0.3) is 0 Å². The largest absolute Gasteiger partial charge is 0.291 e. The SMILES string of the molecule is Cl.Fc1ccc(-c2nc3c(-c4ccncc4)c(-c4ccc(F)cc4)[nH]n3c2-c2ccc(F)cc2)cc1. The fraction of sp³-hybridized carbons (Fsp3) is 0. The molecule has 3 heterocycles. The summed E-state index contributed by atoms with van der Waals surface area (Å²) in [6.45, 7) is 0. The molecule has 8 heteroatoms. The van der Waals surface area contributed by atoms with E-state index in [1.54, 1.807) is 48.8 Å². The van der Waals surface area contributed by atoms with Gasteiger partial charge in [-0.15, -0.1) is 12.4 Å². The summed E-state index contributed by atoms with van der Waals surface area (Å²) in [4.78, 5) is 9.10. The Morgan fingerprint density at radius 1 is 0.583 bits per heavy atom. The quantitative estimate of drug-likeness (QED) is 0.270. The second kappa shape index (κ2) is 9.36. The number of imidazole rings is 1. The van der Waals surface area contributed by atoms with Crippen LogP contribution in [0.4, 0.5) is 13.2 Å². The normalized spacial score (nSPS) is 11.0. The Kier molecular flexibility index (Phi) is 6.08. The standard InChI is InChI=1S/C28H17F3N4.ClH/c29-21-7-1-18(2-8-21)25-24(17-13-15-32-16-14-17)28-33-26(19-3-9-22(30)10-4-19)27(35(28)34-25)20-5-11-23(31)12-6-20;/h1-16,34H;1H. The Hall–Kier alpha value is -4.36. The summed E-state index contributed by atoms with van der Waals surface area (Å²) < 4.78 is 42.9. The van der Waals surface area contributed by atoms with Crippen LogP contribution in [0.25, 0.3) is 50.5 Å². The Bertz CT molecular complexity index is 1640. The zero-order valence-electron chi connectivity index (χ0n) is 18.6. The number of aromatic amines is 1. The van der Waals surface area contributed by atoms with Crippen molar-refractivity contribution in [1.29, 1.82) is 0 Å². The Balaban J connectivity index is 0.00000267. The van der Waals surface area contributed by atoms with E-state index in [4.69, 9.17) is 4.98 Å². The monoisotopic (exact) mass is 502 g/mol.